The fourth-order valence-corrected chi connectivity index (χ4v) is 4.00. The van der Waals surface area contributed by atoms with Crippen molar-refractivity contribution in [1.29, 1.82) is 0 Å². The Kier molecular flexibility index (Phi) is 5.72. The number of nitrogens with one attached hydrogen (secondary N) is 2. The molecular weight excluding hydrogens is 358 g/mol. The van der Waals surface area contributed by atoms with Crippen LogP contribution in [0.5, 0.6) is 5.75 Å². The smallest absolute Gasteiger partial charge is 0.410 e. The average molecular weight is 389 g/mol. The van der Waals surface area contributed by atoms with Crippen molar-refractivity contribution >= 4 is 12.1 Å². The Balaban J connectivity index is 1.39. The van der Waals surface area contributed by atoms with E-state index in [0.29, 0.717) is 19.6 Å². The average Bonchev–Trinajstić information content (AvgIpc) is 3.02. The van der Waals surface area contributed by atoms with Gasteiger partial charge >= 0.3 is 12.1 Å². The third-order valence-corrected chi connectivity index (χ3v) is 5.35. The standard InChI is InChI=1S/C21H31N3O4/c1-20(2,3)28-19(26)24-13-21(14-24)10-9-16(11-21)23-18(25)22-12-15-5-7-17(27-4)8-6-15/h5-8,16H,9-14H2,1-4H3,(H2,22,23,25). The summed E-state index contributed by atoms with van der Waals surface area (Å²) in [6, 6.07) is 7.62. The van der Waals surface area contributed by atoms with Crippen molar-refractivity contribution in [1.82, 2.24) is 15.5 Å². The van der Waals surface area contributed by atoms with E-state index in [1.54, 1.807) is 12.0 Å². The zero-order valence-corrected chi connectivity index (χ0v) is 17.2. The van der Waals surface area contributed by atoms with Crippen LogP contribution in [0.3, 0.4) is 0 Å². The van der Waals surface area contributed by atoms with E-state index in [9.17, 15) is 9.59 Å². The first-order valence-electron chi connectivity index (χ1n) is 9.83. The van der Waals surface area contributed by atoms with E-state index in [2.05, 4.69) is 10.6 Å². The van der Waals surface area contributed by atoms with Gasteiger partial charge in [0, 0.05) is 31.1 Å². The maximum absolute atomic E-state index is 12.2. The van der Waals surface area contributed by atoms with Crippen molar-refractivity contribution in [2.45, 2.75) is 58.2 Å². The number of hydrogen-bond donors (Lipinski definition) is 2. The van der Waals surface area contributed by atoms with Gasteiger partial charge in [-0.25, -0.2) is 9.59 Å². The van der Waals surface area contributed by atoms with Crippen LogP contribution in [-0.2, 0) is 11.3 Å². The van der Waals surface area contributed by atoms with Crippen LogP contribution in [0, 0.1) is 5.41 Å². The van der Waals surface area contributed by atoms with Crippen molar-refractivity contribution in [3.05, 3.63) is 29.8 Å². The van der Waals surface area contributed by atoms with Gasteiger partial charge in [0.2, 0.25) is 0 Å². The van der Waals surface area contributed by atoms with Gasteiger partial charge in [0.1, 0.15) is 11.4 Å². The number of benzene rings is 1. The van der Waals surface area contributed by atoms with Crippen molar-refractivity contribution in [3.63, 3.8) is 0 Å². The first-order chi connectivity index (χ1) is 13.2. The predicted octanol–water partition coefficient (Wildman–Crippen LogP) is 3.28. The van der Waals surface area contributed by atoms with Crippen LogP contribution in [0.15, 0.2) is 24.3 Å². The molecule has 28 heavy (non-hydrogen) atoms. The van der Waals surface area contributed by atoms with Gasteiger partial charge in [-0.15, -0.1) is 0 Å². The molecule has 0 radical (unpaired) electrons. The number of likely N-dealkylation sites (tertiary alicyclic amines) is 1. The summed E-state index contributed by atoms with van der Waals surface area (Å²) in [5.74, 6) is 0.797. The van der Waals surface area contributed by atoms with E-state index in [1.807, 2.05) is 45.0 Å². The molecule has 1 unspecified atom stereocenters. The predicted molar refractivity (Wildman–Crippen MR) is 106 cm³/mol. The van der Waals surface area contributed by atoms with E-state index in [0.717, 1.165) is 30.6 Å². The second kappa shape index (κ2) is 7.89. The highest BCUT2D eigenvalue weighted by atomic mass is 16.6. The van der Waals surface area contributed by atoms with E-state index < -0.39 is 5.60 Å². The Morgan fingerprint density at radius 2 is 1.89 bits per heavy atom. The third-order valence-electron chi connectivity index (χ3n) is 5.35. The Bertz CT molecular complexity index is 705. The van der Waals surface area contributed by atoms with Crippen molar-refractivity contribution in [3.8, 4) is 5.75 Å². The van der Waals surface area contributed by atoms with Gasteiger partial charge < -0.3 is 25.0 Å². The summed E-state index contributed by atoms with van der Waals surface area (Å²) in [5.41, 5.74) is 0.678. The van der Waals surface area contributed by atoms with E-state index >= 15 is 0 Å². The van der Waals surface area contributed by atoms with Gasteiger partial charge in [0.05, 0.1) is 7.11 Å². The van der Waals surface area contributed by atoms with Crippen LogP contribution in [-0.4, -0.2) is 48.9 Å². The molecule has 2 fully saturated rings. The first-order valence-corrected chi connectivity index (χ1v) is 9.83. The monoisotopic (exact) mass is 389 g/mol. The fraction of sp³-hybridized carbons (Fsp3) is 0.619. The van der Waals surface area contributed by atoms with Crippen LogP contribution in [0.1, 0.15) is 45.6 Å². The van der Waals surface area contributed by atoms with Crippen LogP contribution >= 0.6 is 0 Å². The Labute approximate surface area is 166 Å². The summed E-state index contributed by atoms with van der Waals surface area (Å²) in [5, 5.41) is 5.97. The molecular formula is C21H31N3O4. The Hall–Kier alpha value is -2.44. The summed E-state index contributed by atoms with van der Waals surface area (Å²) < 4.78 is 10.6. The number of carbonyl (C=O) groups is 2. The lowest BCUT2D eigenvalue weighted by molar-refractivity contribution is -0.0325. The molecule has 1 atom stereocenters. The maximum Gasteiger partial charge on any atom is 0.410 e. The quantitative estimate of drug-likeness (QED) is 0.828. The largest absolute Gasteiger partial charge is 0.497 e. The molecule has 1 aliphatic heterocycles. The first kappa shape index (κ1) is 20.3. The van der Waals surface area contributed by atoms with Crippen molar-refractivity contribution in [2.24, 2.45) is 5.41 Å². The van der Waals surface area contributed by atoms with Gasteiger partial charge in [-0.1, -0.05) is 12.1 Å². The zero-order valence-electron chi connectivity index (χ0n) is 17.2. The van der Waals surface area contributed by atoms with Gasteiger partial charge in [0.25, 0.3) is 0 Å². The van der Waals surface area contributed by atoms with E-state index in [1.165, 1.54) is 0 Å². The molecule has 1 spiro atoms. The molecule has 1 heterocycles. The number of urea groups is 1. The molecule has 3 rings (SSSR count). The molecule has 2 aliphatic rings. The normalized spacial score (nSPS) is 20.4. The molecule has 7 heteroatoms. The minimum atomic E-state index is -0.471. The molecule has 1 saturated carbocycles. The summed E-state index contributed by atoms with van der Waals surface area (Å²) in [7, 11) is 1.63. The Morgan fingerprint density at radius 3 is 2.50 bits per heavy atom. The lowest BCUT2D eigenvalue weighted by Gasteiger charge is -2.48. The molecule has 0 aromatic heterocycles. The lowest BCUT2D eigenvalue weighted by Crippen LogP contribution is -2.58. The number of amides is 3. The van der Waals surface area contributed by atoms with Crippen LogP contribution in [0.25, 0.3) is 0 Å². The van der Waals surface area contributed by atoms with Crippen molar-refractivity contribution < 1.29 is 19.1 Å². The number of nitrogens with zero attached hydrogens (tertiary/aromatic N) is 1. The van der Waals surface area contributed by atoms with Gasteiger partial charge in [0.15, 0.2) is 0 Å². The number of rotatable bonds is 4. The van der Waals surface area contributed by atoms with E-state index in [4.69, 9.17) is 9.47 Å². The van der Waals surface area contributed by atoms with E-state index in [-0.39, 0.29) is 23.6 Å². The van der Waals surface area contributed by atoms with Crippen LogP contribution < -0.4 is 15.4 Å². The molecule has 1 aromatic carbocycles. The lowest BCUT2D eigenvalue weighted by atomic mass is 9.78. The fourth-order valence-electron chi connectivity index (χ4n) is 4.00. The summed E-state index contributed by atoms with van der Waals surface area (Å²) >= 11 is 0. The molecule has 0 bridgehead atoms. The molecule has 7 nitrogen and oxygen atoms in total. The third kappa shape index (κ3) is 5.09. The molecule has 154 valence electrons. The molecule has 1 aromatic rings. The highest BCUT2D eigenvalue weighted by Crippen LogP contribution is 2.45. The zero-order chi connectivity index (χ0) is 20.4. The molecule has 1 aliphatic carbocycles. The number of methoxy groups -OCH3 is 1. The minimum absolute atomic E-state index is 0.130. The van der Waals surface area contributed by atoms with Gasteiger partial charge in [-0.05, 0) is 57.7 Å². The topological polar surface area (TPSA) is 79.9 Å². The Morgan fingerprint density at radius 1 is 1.21 bits per heavy atom. The number of ether oxygens (including phenoxy) is 2. The molecule has 3 amide bonds. The summed E-state index contributed by atoms with van der Waals surface area (Å²) in [6.45, 7) is 7.53. The van der Waals surface area contributed by atoms with Gasteiger partial charge in [-0.3, -0.25) is 0 Å². The second-order valence-electron chi connectivity index (χ2n) is 8.95. The maximum atomic E-state index is 12.2. The highest BCUT2D eigenvalue weighted by Gasteiger charge is 2.50. The van der Waals surface area contributed by atoms with Crippen molar-refractivity contribution in [2.75, 3.05) is 20.2 Å². The highest BCUT2D eigenvalue weighted by molar-refractivity contribution is 5.74. The molecule has 2 N–H and O–H groups in total. The SMILES string of the molecule is COc1ccc(CNC(=O)NC2CCC3(C2)CN(C(=O)OC(C)(C)C)C3)cc1. The summed E-state index contributed by atoms with van der Waals surface area (Å²) in [4.78, 5) is 26.1. The molecule has 1 saturated heterocycles. The second-order valence-corrected chi connectivity index (χ2v) is 8.95. The summed E-state index contributed by atoms with van der Waals surface area (Å²) in [6.07, 6.45) is 2.63. The van der Waals surface area contributed by atoms with Crippen LogP contribution in [0.4, 0.5) is 9.59 Å². The number of carbonyl (C=O) groups excluding carboxylic acids is 2. The van der Waals surface area contributed by atoms with Gasteiger partial charge in [-0.2, -0.15) is 0 Å². The van der Waals surface area contributed by atoms with Crippen LogP contribution in [0.2, 0.25) is 0 Å². The minimum Gasteiger partial charge on any atom is -0.497 e. The number of hydrogen-bond acceptors (Lipinski definition) is 4.